The maximum absolute atomic E-state index is 5.88. The maximum atomic E-state index is 5.88. The van der Waals surface area contributed by atoms with Gasteiger partial charge in [0.05, 0.1) is 6.54 Å². The van der Waals surface area contributed by atoms with Gasteiger partial charge < -0.3 is 10.6 Å². The number of pyridine rings is 1. The van der Waals surface area contributed by atoms with Gasteiger partial charge in [0.15, 0.2) is 5.96 Å². The fourth-order valence-corrected chi connectivity index (χ4v) is 2.04. The summed E-state index contributed by atoms with van der Waals surface area (Å²) in [7, 11) is 0. The standard InChI is InChI=1S/C16H18Cl2N4.HI/c1-2-19-16(21-9-12-3-6-14(17)7-4-12)22-11-13-5-8-15(18)20-10-13;/h3-8,10H,2,9,11H2,1H3,(H2,19,21,22);1H. The van der Waals surface area contributed by atoms with Crippen LogP contribution >= 0.6 is 47.2 Å². The van der Waals surface area contributed by atoms with Crippen LogP contribution in [0.3, 0.4) is 0 Å². The summed E-state index contributed by atoms with van der Waals surface area (Å²) in [6, 6.07) is 11.4. The lowest BCUT2D eigenvalue weighted by Gasteiger charge is -2.11. The first-order chi connectivity index (χ1) is 10.7. The Bertz CT molecular complexity index is 615. The Kier molecular flexibility index (Phi) is 9.28. The molecule has 2 N–H and O–H groups in total. The molecule has 124 valence electrons. The van der Waals surface area contributed by atoms with E-state index in [9.17, 15) is 0 Å². The largest absolute Gasteiger partial charge is 0.357 e. The zero-order chi connectivity index (χ0) is 15.8. The van der Waals surface area contributed by atoms with Crippen molar-refractivity contribution in [2.75, 3.05) is 6.54 Å². The highest BCUT2D eigenvalue weighted by molar-refractivity contribution is 14.0. The van der Waals surface area contributed by atoms with Crippen LogP contribution in [0, 0.1) is 0 Å². The normalized spacial score (nSPS) is 10.8. The fourth-order valence-electron chi connectivity index (χ4n) is 1.80. The van der Waals surface area contributed by atoms with Crippen LogP contribution < -0.4 is 10.6 Å². The van der Waals surface area contributed by atoms with Crippen LogP contribution in [0.1, 0.15) is 18.1 Å². The van der Waals surface area contributed by atoms with E-state index in [1.165, 1.54) is 0 Å². The molecule has 0 fully saturated rings. The van der Waals surface area contributed by atoms with Gasteiger partial charge in [0, 0.05) is 24.3 Å². The molecular formula is C16H19Cl2IN4. The second-order valence-electron chi connectivity index (χ2n) is 4.66. The van der Waals surface area contributed by atoms with E-state index >= 15 is 0 Å². The summed E-state index contributed by atoms with van der Waals surface area (Å²) in [6.07, 6.45) is 1.73. The number of hydrogen-bond donors (Lipinski definition) is 2. The third kappa shape index (κ3) is 7.37. The smallest absolute Gasteiger partial charge is 0.191 e. The number of nitrogens with one attached hydrogen (secondary N) is 2. The number of benzene rings is 1. The van der Waals surface area contributed by atoms with Gasteiger partial charge in [0.1, 0.15) is 5.15 Å². The number of aliphatic imine (C=N–C) groups is 1. The Hall–Kier alpha value is -1.05. The summed E-state index contributed by atoms with van der Waals surface area (Å²) in [4.78, 5) is 8.58. The van der Waals surface area contributed by atoms with Gasteiger partial charge in [0.25, 0.3) is 0 Å². The maximum Gasteiger partial charge on any atom is 0.191 e. The average molecular weight is 465 g/mol. The van der Waals surface area contributed by atoms with E-state index in [2.05, 4.69) is 20.6 Å². The molecule has 0 aliphatic heterocycles. The Balaban J connectivity index is 0.00000264. The SMILES string of the molecule is CCNC(=NCc1ccc(Cl)nc1)NCc1ccc(Cl)cc1.I. The molecule has 0 bridgehead atoms. The minimum absolute atomic E-state index is 0. The van der Waals surface area contributed by atoms with E-state index in [1.807, 2.05) is 37.3 Å². The lowest BCUT2D eigenvalue weighted by Crippen LogP contribution is -2.36. The topological polar surface area (TPSA) is 49.3 Å². The molecule has 23 heavy (non-hydrogen) atoms. The molecule has 4 nitrogen and oxygen atoms in total. The number of hydrogen-bond acceptors (Lipinski definition) is 2. The predicted octanol–water partition coefficient (Wildman–Crippen LogP) is 4.26. The van der Waals surface area contributed by atoms with Crippen LogP contribution in [0.2, 0.25) is 10.2 Å². The first kappa shape index (κ1) is 20.0. The molecular weight excluding hydrogens is 446 g/mol. The summed E-state index contributed by atoms with van der Waals surface area (Å²) in [5.74, 6) is 0.757. The number of aromatic nitrogens is 1. The van der Waals surface area contributed by atoms with Crippen LogP contribution in [0.4, 0.5) is 0 Å². The molecule has 0 radical (unpaired) electrons. The van der Waals surface area contributed by atoms with E-state index < -0.39 is 0 Å². The van der Waals surface area contributed by atoms with Crippen LogP contribution in [0.25, 0.3) is 0 Å². The van der Waals surface area contributed by atoms with E-state index in [0.717, 1.165) is 28.7 Å². The highest BCUT2D eigenvalue weighted by Crippen LogP contribution is 2.09. The van der Waals surface area contributed by atoms with Crippen molar-refractivity contribution in [3.8, 4) is 0 Å². The predicted molar refractivity (Wildman–Crippen MR) is 108 cm³/mol. The minimum atomic E-state index is 0. The van der Waals surface area contributed by atoms with Gasteiger partial charge in [-0.05, 0) is 36.2 Å². The van der Waals surface area contributed by atoms with Gasteiger partial charge in [-0.15, -0.1) is 24.0 Å². The van der Waals surface area contributed by atoms with Crippen molar-refractivity contribution in [1.29, 1.82) is 0 Å². The Morgan fingerprint density at radius 3 is 2.35 bits per heavy atom. The fraction of sp³-hybridized carbons (Fsp3) is 0.250. The second-order valence-corrected chi connectivity index (χ2v) is 5.49. The molecule has 0 amide bonds. The van der Waals surface area contributed by atoms with Crippen LogP contribution in [0.5, 0.6) is 0 Å². The summed E-state index contributed by atoms with van der Waals surface area (Å²) < 4.78 is 0. The van der Waals surface area contributed by atoms with Crippen LogP contribution in [0.15, 0.2) is 47.6 Å². The summed E-state index contributed by atoms with van der Waals surface area (Å²) in [6.45, 7) is 4.05. The zero-order valence-electron chi connectivity index (χ0n) is 12.7. The third-order valence-corrected chi connectivity index (χ3v) is 3.40. The number of guanidine groups is 1. The molecule has 0 unspecified atom stereocenters. The molecule has 0 aliphatic carbocycles. The van der Waals surface area contributed by atoms with Crippen molar-refractivity contribution in [2.24, 2.45) is 4.99 Å². The molecule has 0 spiro atoms. The molecule has 1 aromatic heterocycles. The van der Waals surface area contributed by atoms with Gasteiger partial charge in [-0.3, -0.25) is 0 Å². The van der Waals surface area contributed by atoms with Crippen molar-refractivity contribution in [2.45, 2.75) is 20.0 Å². The van der Waals surface area contributed by atoms with Crippen molar-refractivity contribution in [1.82, 2.24) is 15.6 Å². The molecule has 7 heteroatoms. The Morgan fingerprint density at radius 2 is 1.74 bits per heavy atom. The van der Waals surface area contributed by atoms with Crippen molar-refractivity contribution in [3.05, 3.63) is 63.9 Å². The monoisotopic (exact) mass is 464 g/mol. The number of halogens is 3. The quantitative estimate of drug-likeness (QED) is 0.301. The summed E-state index contributed by atoms with van der Waals surface area (Å²) in [5.41, 5.74) is 2.15. The summed E-state index contributed by atoms with van der Waals surface area (Å²) >= 11 is 11.7. The zero-order valence-corrected chi connectivity index (χ0v) is 16.6. The average Bonchev–Trinajstić information content (AvgIpc) is 2.53. The van der Waals surface area contributed by atoms with Crippen molar-refractivity contribution in [3.63, 3.8) is 0 Å². The van der Waals surface area contributed by atoms with E-state index in [-0.39, 0.29) is 24.0 Å². The molecule has 2 rings (SSSR count). The molecule has 2 aromatic rings. The van der Waals surface area contributed by atoms with Crippen molar-refractivity contribution < 1.29 is 0 Å². The van der Waals surface area contributed by atoms with E-state index in [0.29, 0.717) is 18.2 Å². The lowest BCUT2D eigenvalue weighted by molar-refractivity contribution is 0.815. The van der Waals surface area contributed by atoms with E-state index in [1.54, 1.807) is 12.3 Å². The highest BCUT2D eigenvalue weighted by atomic mass is 127. The van der Waals surface area contributed by atoms with Gasteiger partial charge >= 0.3 is 0 Å². The first-order valence-corrected chi connectivity index (χ1v) is 7.80. The molecule has 1 heterocycles. The molecule has 0 atom stereocenters. The first-order valence-electron chi connectivity index (χ1n) is 7.04. The van der Waals surface area contributed by atoms with Gasteiger partial charge in [0.2, 0.25) is 0 Å². The van der Waals surface area contributed by atoms with Gasteiger partial charge in [-0.2, -0.15) is 0 Å². The van der Waals surface area contributed by atoms with Gasteiger partial charge in [-0.1, -0.05) is 41.4 Å². The lowest BCUT2D eigenvalue weighted by atomic mass is 10.2. The molecule has 0 saturated heterocycles. The Morgan fingerprint density at radius 1 is 1.04 bits per heavy atom. The summed E-state index contributed by atoms with van der Waals surface area (Å²) in [5, 5.41) is 7.72. The van der Waals surface area contributed by atoms with Gasteiger partial charge in [-0.25, -0.2) is 9.98 Å². The van der Waals surface area contributed by atoms with Crippen LogP contribution in [-0.4, -0.2) is 17.5 Å². The molecule has 0 aliphatic rings. The van der Waals surface area contributed by atoms with E-state index in [4.69, 9.17) is 23.2 Å². The second kappa shape index (κ2) is 10.7. The highest BCUT2D eigenvalue weighted by Gasteiger charge is 1.99. The molecule has 0 saturated carbocycles. The Labute approximate surface area is 163 Å². The number of rotatable bonds is 5. The third-order valence-electron chi connectivity index (χ3n) is 2.93. The van der Waals surface area contributed by atoms with Crippen LogP contribution in [-0.2, 0) is 13.1 Å². The van der Waals surface area contributed by atoms with Crippen molar-refractivity contribution >= 4 is 53.1 Å². The minimum Gasteiger partial charge on any atom is -0.357 e. The number of nitrogens with zero attached hydrogens (tertiary/aromatic N) is 2. The molecule has 1 aromatic carbocycles.